The van der Waals surface area contributed by atoms with Crippen LogP contribution >= 0.6 is 0 Å². The van der Waals surface area contributed by atoms with Crippen LogP contribution in [0.5, 0.6) is 11.5 Å². The molecule has 0 atom stereocenters. The fraction of sp³-hybridized carbons (Fsp3) is 0.105. The number of hydrogen-bond acceptors (Lipinski definition) is 6. The molecule has 0 aliphatic carbocycles. The maximum atomic E-state index is 13.4. The summed E-state index contributed by atoms with van der Waals surface area (Å²) in [5.41, 5.74) is 1.43. The van der Waals surface area contributed by atoms with Crippen molar-refractivity contribution in [1.29, 1.82) is 0 Å². The number of ketones is 1. The Balaban J connectivity index is 1.73. The minimum absolute atomic E-state index is 0.118. The van der Waals surface area contributed by atoms with Gasteiger partial charge in [-0.05, 0) is 25.1 Å². The molecule has 0 fully saturated rings. The van der Waals surface area contributed by atoms with Gasteiger partial charge in [0.25, 0.3) is 0 Å². The highest BCUT2D eigenvalue weighted by molar-refractivity contribution is 6.02. The van der Waals surface area contributed by atoms with E-state index in [4.69, 9.17) is 4.74 Å². The summed E-state index contributed by atoms with van der Waals surface area (Å²) in [6.07, 6.45) is 5.87. The van der Waals surface area contributed by atoms with E-state index in [1.807, 2.05) is 6.07 Å². The Hall–Kier alpha value is -3.68. The molecule has 0 N–H and O–H groups in total. The van der Waals surface area contributed by atoms with Crippen LogP contribution in [-0.4, -0.2) is 30.3 Å². The smallest absolute Gasteiger partial charge is 0.172 e. The van der Waals surface area contributed by atoms with E-state index in [1.165, 1.54) is 12.3 Å². The first-order valence-corrected chi connectivity index (χ1v) is 8.17. The van der Waals surface area contributed by atoms with Crippen LogP contribution in [0.15, 0.2) is 55.1 Å². The number of hydrogen-bond donors (Lipinski definition) is 0. The Bertz CT molecular complexity index is 1130. The van der Waals surface area contributed by atoms with E-state index in [2.05, 4.69) is 20.2 Å². The highest BCUT2D eigenvalue weighted by atomic mass is 19.1. The normalized spacial score (nSPS) is 10.9. The van der Waals surface area contributed by atoms with Gasteiger partial charge in [-0.15, -0.1) is 10.2 Å². The molecule has 0 saturated heterocycles. The molecule has 4 aromatic rings. The van der Waals surface area contributed by atoms with Gasteiger partial charge in [0.05, 0.1) is 30.6 Å². The first-order valence-electron chi connectivity index (χ1n) is 8.17. The summed E-state index contributed by atoms with van der Waals surface area (Å²) >= 11 is 0. The molecule has 134 valence electrons. The molecule has 0 radical (unpaired) electrons. The number of aryl methyl sites for hydroxylation is 1. The van der Waals surface area contributed by atoms with Gasteiger partial charge < -0.3 is 4.74 Å². The summed E-state index contributed by atoms with van der Waals surface area (Å²) in [5, 5.41) is 8.11. The topological polar surface area (TPSA) is 82.3 Å². The Labute approximate surface area is 153 Å². The van der Waals surface area contributed by atoms with Crippen molar-refractivity contribution in [2.24, 2.45) is 0 Å². The number of nitrogens with zero attached hydrogens (tertiary/aromatic N) is 5. The molecule has 4 heterocycles. The Morgan fingerprint density at radius 2 is 2.07 bits per heavy atom. The second kappa shape index (κ2) is 6.91. The van der Waals surface area contributed by atoms with Crippen molar-refractivity contribution in [3.05, 3.63) is 78.0 Å². The van der Waals surface area contributed by atoms with Crippen LogP contribution in [-0.2, 0) is 6.42 Å². The van der Waals surface area contributed by atoms with Gasteiger partial charge in [0.2, 0.25) is 0 Å². The first kappa shape index (κ1) is 16.8. The van der Waals surface area contributed by atoms with Crippen molar-refractivity contribution < 1.29 is 13.9 Å². The standard InChI is InChI=1S/C19H14FN5O2/c1-12-23-24-19-17(18(26)7-14-4-2-3-5-22-14)8-16(11-25(12)19)27-15-6-13(20)9-21-10-15/h2-6,8-11H,7H2,1H3. The molecule has 0 aliphatic heterocycles. The molecule has 0 saturated carbocycles. The molecule has 0 spiro atoms. The molecule has 0 unspecified atom stereocenters. The van der Waals surface area contributed by atoms with E-state index in [0.29, 0.717) is 28.5 Å². The summed E-state index contributed by atoms with van der Waals surface area (Å²) in [6.45, 7) is 1.76. The predicted octanol–water partition coefficient (Wildman–Crippen LogP) is 3.18. The summed E-state index contributed by atoms with van der Waals surface area (Å²) in [5.74, 6) is 0.486. The number of aromatic nitrogens is 5. The summed E-state index contributed by atoms with van der Waals surface area (Å²) in [6, 6.07) is 8.17. The third-order valence-corrected chi connectivity index (χ3v) is 3.93. The maximum Gasteiger partial charge on any atom is 0.172 e. The van der Waals surface area contributed by atoms with Crippen LogP contribution in [0.25, 0.3) is 5.65 Å². The van der Waals surface area contributed by atoms with E-state index in [1.54, 1.807) is 41.9 Å². The molecule has 4 aromatic heterocycles. The monoisotopic (exact) mass is 363 g/mol. The Morgan fingerprint density at radius 3 is 2.85 bits per heavy atom. The van der Waals surface area contributed by atoms with Crippen molar-refractivity contribution >= 4 is 11.4 Å². The number of carbonyl (C=O) groups excluding carboxylic acids is 1. The second-order valence-electron chi connectivity index (χ2n) is 5.89. The van der Waals surface area contributed by atoms with Crippen LogP contribution in [0.1, 0.15) is 21.9 Å². The summed E-state index contributed by atoms with van der Waals surface area (Å²) < 4.78 is 20.7. The lowest BCUT2D eigenvalue weighted by atomic mass is 10.1. The molecule has 0 aromatic carbocycles. The molecule has 0 bridgehead atoms. The number of rotatable bonds is 5. The van der Waals surface area contributed by atoms with Crippen molar-refractivity contribution in [2.45, 2.75) is 13.3 Å². The van der Waals surface area contributed by atoms with Crippen LogP contribution in [0.3, 0.4) is 0 Å². The van der Waals surface area contributed by atoms with Gasteiger partial charge >= 0.3 is 0 Å². The molecule has 4 rings (SSSR count). The number of fused-ring (bicyclic) bond motifs is 1. The highest BCUT2D eigenvalue weighted by Crippen LogP contribution is 2.25. The highest BCUT2D eigenvalue weighted by Gasteiger charge is 2.17. The van der Waals surface area contributed by atoms with E-state index in [-0.39, 0.29) is 18.0 Å². The summed E-state index contributed by atoms with van der Waals surface area (Å²) in [4.78, 5) is 20.8. The van der Waals surface area contributed by atoms with Crippen molar-refractivity contribution in [3.8, 4) is 11.5 Å². The quantitative estimate of drug-likeness (QED) is 0.507. The van der Waals surface area contributed by atoms with E-state index < -0.39 is 5.82 Å². The van der Waals surface area contributed by atoms with Crippen LogP contribution in [0.2, 0.25) is 0 Å². The van der Waals surface area contributed by atoms with Crippen molar-refractivity contribution in [2.75, 3.05) is 0 Å². The van der Waals surface area contributed by atoms with E-state index >= 15 is 0 Å². The lowest BCUT2D eigenvalue weighted by Crippen LogP contribution is -2.08. The van der Waals surface area contributed by atoms with E-state index in [0.717, 1.165) is 6.20 Å². The molecule has 27 heavy (non-hydrogen) atoms. The average Bonchev–Trinajstić information content (AvgIpc) is 3.03. The molecule has 0 aliphatic rings. The fourth-order valence-electron chi connectivity index (χ4n) is 2.69. The maximum absolute atomic E-state index is 13.4. The molecular formula is C19H14FN5O2. The van der Waals surface area contributed by atoms with Gasteiger partial charge in [0, 0.05) is 18.0 Å². The third kappa shape index (κ3) is 3.50. The van der Waals surface area contributed by atoms with Crippen molar-refractivity contribution in [1.82, 2.24) is 24.6 Å². The first-order chi connectivity index (χ1) is 13.1. The van der Waals surface area contributed by atoms with Gasteiger partial charge in [-0.25, -0.2) is 4.39 Å². The van der Waals surface area contributed by atoms with E-state index in [9.17, 15) is 9.18 Å². The average molecular weight is 363 g/mol. The zero-order valence-corrected chi connectivity index (χ0v) is 14.3. The molecular weight excluding hydrogens is 349 g/mol. The fourth-order valence-corrected chi connectivity index (χ4v) is 2.69. The second-order valence-corrected chi connectivity index (χ2v) is 5.89. The lowest BCUT2D eigenvalue weighted by molar-refractivity contribution is 0.0992. The van der Waals surface area contributed by atoms with Crippen LogP contribution < -0.4 is 4.74 Å². The number of pyridine rings is 3. The number of ether oxygens (including phenoxy) is 1. The lowest BCUT2D eigenvalue weighted by Gasteiger charge is -2.09. The minimum atomic E-state index is -0.513. The summed E-state index contributed by atoms with van der Waals surface area (Å²) in [7, 11) is 0. The Morgan fingerprint density at radius 1 is 1.19 bits per heavy atom. The van der Waals surface area contributed by atoms with Gasteiger partial charge in [-0.3, -0.25) is 19.2 Å². The van der Waals surface area contributed by atoms with Gasteiger partial charge in [0.1, 0.15) is 23.1 Å². The minimum Gasteiger partial charge on any atom is -0.454 e. The largest absolute Gasteiger partial charge is 0.454 e. The van der Waals surface area contributed by atoms with Gasteiger partial charge in [-0.2, -0.15) is 0 Å². The van der Waals surface area contributed by atoms with Crippen molar-refractivity contribution in [3.63, 3.8) is 0 Å². The number of carbonyl (C=O) groups is 1. The third-order valence-electron chi connectivity index (χ3n) is 3.93. The number of Topliss-reactive ketones (excluding diaryl/α,β-unsaturated/α-hetero) is 1. The predicted molar refractivity (Wildman–Crippen MR) is 94.3 cm³/mol. The zero-order chi connectivity index (χ0) is 18.8. The van der Waals surface area contributed by atoms with Gasteiger partial charge in [0.15, 0.2) is 11.4 Å². The Kier molecular flexibility index (Phi) is 4.29. The number of halogens is 1. The molecule has 0 amide bonds. The van der Waals surface area contributed by atoms with Crippen LogP contribution in [0, 0.1) is 12.7 Å². The zero-order valence-electron chi connectivity index (χ0n) is 14.3. The molecule has 7 nitrogen and oxygen atoms in total. The van der Waals surface area contributed by atoms with Gasteiger partial charge in [-0.1, -0.05) is 6.07 Å². The SMILES string of the molecule is Cc1nnc2c(C(=O)Cc3ccccn3)cc(Oc3cncc(F)c3)cn12. The van der Waals surface area contributed by atoms with Crippen LogP contribution in [0.4, 0.5) is 4.39 Å². The molecule has 8 heteroatoms.